The molecule has 3 heterocycles. The van der Waals surface area contributed by atoms with Crippen LogP contribution in [0.4, 0.5) is 0 Å². The monoisotopic (exact) mass is 597 g/mol. The number of hydrogen-bond donors (Lipinski definition) is 1. The average molecular weight is 598 g/mol. The third-order valence-electron chi connectivity index (χ3n) is 16.2. The first-order chi connectivity index (χ1) is 20.3. The number of ether oxygens (including phenoxy) is 2. The van der Waals surface area contributed by atoms with Crippen molar-refractivity contribution in [3.05, 3.63) is 0 Å². The van der Waals surface area contributed by atoms with Crippen molar-refractivity contribution in [2.75, 3.05) is 46.4 Å². The van der Waals surface area contributed by atoms with Gasteiger partial charge in [0.15, 0.2) is 5.79 Å². The Morgan fingerprint density at radius 2 is 1.60 bits per heavy atom. The van der Waals surface area contributed by atoms with Gasteiger partial charge in [-0.25, -0.2) is 0 Å². The molecule has 0 bridgehead atoms. The minimum Gasteiger partial charge on any atom is -0.353 e. The van der Waals surface area contributed by atoms with Crippen LogP contribution in [0.25, 0.3) is 0 Å². The molecule has 7 aliphatic rings. The number of fused-ring (bicyclic) bond motifs is 7. The van der Waals surface area contributed by atoms with Gasteiger partial charge in [0.1, 0.15) is 0 Å². The molecule has 3 saturated heterocycles. The van der Waals surface area contributed by atoms with Crippen LogP contribution < -0.4 is 5.32 Å². The first-order valence-corrected chi connectivity index (χ1v) is 18.4. The number of rotatable bonds is 4. The lowest BCUT2D eigenvalue weighted by molar-refractivity contribution is -0.279. The number of carbonyl (C=O) groups is 1. The van der Waals surface area contributed by atoms with Crippen molar-refractivity contribution in [2.24, 2.45) is 51.2 Å². The van der Waals surface area contributed by atoms with Crippen molar-refractivity contribution in [2.45, 2.75) is 130 Å². The van der Waals surface area contributed by atoms with Gasteiger partial charge in [0.2, 0.25) is 5.91 Å². The predicted molar refractivity (Wildman–Crippen MR) is 171 cm³/mol. The highest BCUT2D eigenvalue weighted by Crippen LogP contribution is 2.79. The maximum absolute atomic E-state index is 13.0. The SMILES string of the molecule is C[C@H]1CC[C@@]2(OC1)O[C@H]1C[C@@]3(C)[C@@H]4CC[C@@H]5C[C@H](NC(=O)CCN6CCN(C)CC6)CC[C@]5(C)[C@@]4(C)CC[C@]3(C)[C@H]1[C@@H]2C. The molecule has 7 fully saturated rings. The molecule has 6 nitrogen and oxygen atoms in total. The van der Waals surface area contributed by atoms with E-state index in [1.807, 2.05) is 0 Å². The Bertz CT molecular complexity index is 1070. The Kier molecular flexibility index (Phi) is 7.68. The number of nitrogens with one attached hydrogen (secondary N) is 1. The van der Waals surface area contributed by atoms with E-state index in [4.69, 9.17) is 9.47 Å². The number of hydrogen-bond acceptors (Lipinski definition) is 5. The number of nitrogens with zero attached hydrogens (tertiary/aromatic N) is 2. The Balaban J connectivity index is 1.02. The molecule has 4 saturated carbocycles. The van der Waals surface area contributed by atoms with E-state index in [-0.39, 0.29) is 11.7 Å². The fourth-order valence-corrected chi connectivity index (χ4v) is 13.0. The quantitative estimate of drug-likeness (QED) is 0.410. The molecule has 0 aromatic heterocycles. The summed E-state index contributed by atoms with van der Waals surface area (Å²) < 4.78 is 13.7. The smallest absolute Gasteiger partial charge is 0.221 e. The van der Waals surface area contributed by atoms with Crippen molar-refractivity contribution in [1.29, 1.82) is 0 Å². The van der Waals surface area contributed by atoms with Crippen molar-refractivity contribution in [3.63, 3.8) is 0 Å². The Hall–Kier alpha value is -0.690. The second-order valence-corrected chi connectivity index (χ2v) is 17.9. The zero-order valence-electron chi connectivity index (χ0n) is 28.7. The van der Waals surface area contributed by atoms with Crippen LogP contribution in [0, 0.1) is 51.2 Å². The Morgan fingerprint density at radius 1 is 0.860 bits per heavy atom. The van der Waals surface area contributed by atoms with Gasteiger partial charge in [-0.05, 0) is 110 Å². The number of amides is 1. The summed E-state index contributed by atoms with van der Waals surface area (Å²) in [4.78, 5) is 17.9. The summed E-state index contributed by atoms with van der Waals surface area (Å²) in [6, 6.07) is 0.358. The fourth-order valence-electron chi connectivity index (χ4n) is 13.0. The highest BCUT2D eigenvalue weighted by molar-refractivity contribution is 5.76. The minimum atomic E-state index is -0.329. The van der Waals surface area contributed by atoms with Gasteiger partial charge in [0.05, 0.1) is 12.7 Å². The van der Waals surface area contributed by atoms with Gasteiger partial charge >= 0.3 is 0 Å². The molecule has 0 radical (unpaired) electrons. The average Bonchev–Trinajstić information content (AvgIpc) is 3.36. The highest BCUT2D eigenvalue weighted by atomic mass is 16.7. The van der Waals surface area contributed by atoms with Crippen molar-refractivity contribution < 1.29 is 14.3 Å². The van der Waals surface area contributed by atoms with Gasteiger partial charge in [-0.1, -0.05) is 41.5 Å². The lowest BCUT2D eigenvalue weighted by atomic mass is 9.35. The van der Waals surface area contributed by atoms with Crippen LogP contribution >= 0.6 is 0 Å². The van der Waals surface area contributed by atoms with Gasteiger partial charge in [0.25, 0.3) is 0 Å². The summed E-state index contributed by atoms with van der Waals surface area (Å²) in [5.74, 6) is 3.15. The molecule has 7 rings (SSSR count). The van der Waals surface area contributed by atoms with E-state index in [0.29, 0.717) is 58.0 Å². The second-order valence-electron chi connectivity index (χ2n) is 17.9. The first-order valence-electron chi connectivity index (χ1n) is 18.4. The Morgan fingerprint density at radius 3 is 2.33 bits per heavy atom. The third-order valence-corrected chi connectivity index (χ3v) is 16.2. The molecule has 1 amide bonds. The molecule has 1 N–H and O–H groups in total. The number of likely N-dealkylation sites (N-methyl/N-ethyl adjacent to an activating group) is 1. The third kappa shape index (κ3) is 4.56. The van der Waals surface area contributed by atoms with Crippen LogP contribution in [0.2, 0.25) is 0 Å². The highest BCUT2D eigenvalue weighted by Gasteiger charge is 2.75. The van der Waals surface area contributed by atoms with Crippen LogP contribution in [0.1, 0.15) is 112 Å². The van der Waals surface area contributed by atoms with E-state index < -0.39 is 0 Å². The zero-order chi connectivity index (χ0) is 30.4. The van der Waals surface area contributed by atoms with E-state index in [9.17, 15) is 4.79 Å². The summed E-state index contributed by atoms with van der Waals surface area (Å²) in [5, 5.41) is 3.51. The van der Waals surface area contributed by atoms with Gasteiger partial charge in [-0.15, -0.1) is 0 Å². The van der Waals surface area contributed by atoms with E-state index in [2.05, 4.69) is 63.7 Å². The van der Waals surface area contributed by atoms with Gasteiger partial charge < -0.3 is 24.6 Å². The number of piperazine rings is 1. The van der Waals surface area contributed by atoms with E-state index in [1.54, 1.807) is 0 Å². The molecule has 12 atom stereocenters. The number of carbonyl (C=O) groups excluding carboxylic acids is 1. The molecule has 43 heavy (non-hydrogen) atoms. The standard InChI is InChI=1S/C37H63N3O3/c1-25-10-14-37(42-24-25)26(2)32-29(43-37)23-36(6)30-9-8-27-22-28(38-31(41)12-17-40-20-18-39(7)19-21-40)11-13-33(27,3)34(30,4)15-16-35(32,36)5/h25-30,32H,8-24H2,1-7H3,(H,38,41)/t25-,26-,27+,28+,29-,30+,32-,33-,34-,35+,36-,37+/m0/s1. The van der Waals surface area contributed by atoms with Gasteiger partial charge in [-0.2, -0.15) is 0 Å². The minimum absolute atomic E-state index is 0.272. The van der Waals surface area contributed by atoms with E-state index in [1.165, 1.54) is 51.4 Å². The van der Waals surface area contributed by atoms with E-state index in [0.717, 1.165) is 64.0 Å². The van der Waals surface area contributed by atoms with Gasteiger partial charge in [-0.3, -0.25) is 4.79 Å². The second kappa shape index (κ2) is 10.7. The molecule has 3 aliphatic heterocycles. The molecular formula is C37H63N3O3. The van der Waals surface area contributed by atoms with Crippen molar-refractivity contribution >= 4 is 5.91 Å². The normalized spacial score (nSPS) is 53.6. The summed E-state index contributed by atoms with van der Waals surface area (Å²) in [6.45, 7) is 21.7. The fraction of sp³-hybridized carbons (Fsp3) is 0.973. The first kappa shape index (κ1) is 30.9. The molecule has 0 unspecified atom stereocenters. The largest absolute Gasteiger partial charge is 0.353 e. The molecule has 244 valence electrons. The van der Waals surface area contributed by atoms with Crippen LogP contribution in [-0.2, 0) is 14.3 Å². The van der Waals surface area contributed by atoms with Crippen LogP contribution in [-0.4, -0.2) is 80.0 Å². The summed E-state index contributed by atoms with van der Waals surface area (Å²) >= 11 is 0. The zero-order valence-corrected chi connectivity index (χ0v) is 28.7. The lowest BCUT2D eigenvalue weighted by Crippen LogP contribution is -2.64. The van der Waals surface area contributed by atoms with Crippen molar-refractivity contribution in [3.8, 4) is 0 Å². The van der Waals surface area contributed by atoms with Gasteiger partial charge in [0, 0.05) is 57.5 Å². The molecule has 4 aliphatic carbocycles. The maximum atomic E-state index is 13.0. The molecular weight excluding hydrogens is 534 g/mol. The predicted octanol–water partition coefficient (Wildman–Crippen LogP) is 6.34. The Labute approximate surface area is 262 Å². The molecule has 0 aromatic rings. The van der Waals surface area contributed by atoms with E-state index >= 15 is 0 Å². The summed E-state index contributed by atoms with van der Waals surface area (Å²) in [5.41, 5.74) is 1.34. The summed E-state index contributed by atoms with van der Waals surface area (Å²) in [7, 11) is 2.19. The summed E-state index contributed by atoms with van der Waals surface area (Å²) in [6.07, 6.45) is 13.4. The molecule has 1 spiro atoms. The molecule has 0 aromatic carbocycles. The topological polar surface area (TPSA) is 54.0 Å². The van der Waals surface area contributed by atoms with Crippen LogP contribution in [0.5, 0.6) is 0 Å². The van der Waals surface area contributed by atoms with Crippen LogP contribution in [0.15, 0.2) is 0 Å². The van der Waals surface area contributed by atoms with Crippen LogP contribution in [0.3, 0.4) is 0 Å². The maximum Gasteiger partial charge on any atom is 0.221 e. The van der Waals surface area contributed by atoms with Crippen molar-refractivity contribution in [1.82, 2.24) is 15.1 Å². The lowest BCUT2D eigenvalue weighted by Gasteiger charge is -2.70. The molecule has 6 heteroatoms.